The Morgan fingerprint density at radius 2 is 2.17 bits per heavy atom. The Labute approximate surface area is 171 Å². The van der Waals surface area contributed by atoms with Gasteiger partial charge in [0.05, 0.1) is 16.7 Å². The predicted octanol–water partition coefficient (Wildman–Crippen LogP) is 3.93. The second-order valence-corrected chi connectivity index (χ2v) is 7.11. The number of aryl methyl sites for hydroxylation is 1. The lowest BCUT2D eigenvalue weighted by Crippen LogP contribution is -2.09. The fourth-order valence-electron chi connectivity index (χ4n) is 2.94. The molecular formula is C20H17ClN8. The molecule has 4 aromatic rings. The van der Waals surface area contributed by atoms with E-state index in [-0.39, 0.29) is 5.69 Å². The molecular weight excluding hydrogens is 388 g/mol. The van der Waals surface area contributed by atoms with E-state index in [0.717, 1.165) is 22.0 Å². The van der Waals surface area contributed by atoms with Crippen LogP contribution in [0.2, 0.25) is 5.02 Å². The maximum Gasteiger partial charge on any atom is 0.183 e. The summed E-state index contributed by atoms with van der Waals surface area (Å²) < 4.78 is 1.69. The van der Waals surface area contributed by atoms with Crippen molar-refractivity contribution in [3.63, 3.8) is 0 Å². The van der Waals surface area contributed by atoms with Gasteiger partial charge in [0.2, 0.25) is 0 Å². The van der Waals surface area contributed by atoms with Crippen molar-refractivity contribution >= 4 is 28.3 Å². The number of anilines is 1. The van der Waals surface area contributed by atoms with Crippen LogP contribution >= 0.6 is 11.6 Å². The van der Waals surface area contributed by atoms with Crippen LogP contribution in [-0.2, 0) is 7.05 Å². The van der Waals surface area contributed by atoms with Crippen molar-refractivity contribution in [2.24, 2.45) is 7.05 Å². The predicted molar refractivity (Wildman–Crippen MR) is 112 cm³/mol. The Balaban J connectivity index is 1.95. The van der Waals surface area contributed by atoms with Gasteiger partial charge in [-0.3, -0.25) is 9.78 Å². The normalized spacial score (nSPS) is 10.8. The van der Waals surface area contributed by atoms with E-state index in [2.05, 4.69) is 38.2 Å². The fourth-order valence-corrected chi connectivity index (χ4v) is 3.21. The molecule has 0 aliphatic heterocycles. The number of aromatic nitrogens is 6. The van der Waals surface area contributed by atoms with Crippen molar-refractivity contribution in [2.75, 3.05) is 11.9 Å². The number of halogens is 1. The average Bonchev–Trinajstić information content (AvgIpc) is 3.34. The highest BCUT2D eigenvalue weighted by Crippen LogP contribution is 2.34. The minimum Gasteiger partial charge on any atom is -0.364 e. The second-order valence-electron chi connectivity index (χ2n) is 6.71. The van der Waals surface area contributed by atoms with Gasteiger partial charge in [-0.1, -0.05) is 23.8 Å². The van der Waals surface area contributed by atoms with E-state index < -0.39 is 0 Å². The molecule has 0 amide bonds. The van der Waals surface area contributed by atoms with Gasteiger partial charge in [0.15, 0.2) is 11.5 Å². The molecule has 29 heavy (non-hydrogen) atoms. The first-order valence-corrected chi connectivity index (χ1v) is 9.17. The maximum atomic E-state index is 9.64. The molecule has 144 valence electrons. The highest BCUT2D eigenvalue weighted by Gasteiger charge is 2.19. The molecule has 4 rings (SSSR count). The van der Waals surface area contributed by atoms with Crippen LogP contribution in [0.1, 0.15) is 12.6 Å². The highest BCUT2D eigenvalue weighted by molar-refractivity contribution is 6.35. The summed E-state index contributed by atoms with van der Waals surface area (Å²) in [7, 11) is 1.83. The quantitative estimate of drug-likeness (QED) is 0.488. The molecule has 0 fully saturated rings. The van der Waals surface area contributed by atoms with Gasteiger partial charge in [0.25, 0.3) is 0 Å². The van der Waals surface area contributed by atoms with Crippen molar-refractivity contribution in [3.8, 4) is 28.7 Å². The van der Waals surface area contributed by atoms with E-state index in [1.807, 2.05) is 32.3 Å². The lowest BCUT2D eigenvalue weighted by Gasteiger charge is -2.13. The molecule has 3 aromatic heterocycles. The maximum absolute atomic E-state index is 9.64. The molecule has 0 atom stereocenters. The van der Waals surface area contributed by atoms with E-state index in [4.69, 9.17) is 16.6 Å². The van der Waals surface area contributed by atoms with Crippen molar-refractivity contribution in [3.05, 3.63) is 53.5 Å². The van der Waals surface area contributed by atoms with E-state index in [1.54, 1.807) is 16.9 Å². The molecule has 0 radical (unpaired) electrons. The Morgan fingerprint density at radius 3 is 2.86 bits per heavy atom. The lowest BCUT2D eigenvalue weighted by molar-refractivity contribution is 0.770. The smallest absolute Gasteiger partial charge is 0.183 e. The zero-order chi connectivity index (χ0) is 20.5. The summed E-state index contributed by atoms with van der Waals surface area (Å²) in [6.07, 6.45) is 3.51. The van der Waals surface area contributed by atoms with Crippen LogP contribution < -0.4 is 5.32 Å². The largest absolute Gasteiger partial charge is 0.364 e. The fraction of sp³-hybridized carbons (Fsp3) is 0.150. The van der Waals surface area contributed by atoms with Crippen LogP contribution in [0.15, 0.2) is 42.7 Å². The third kappa shape index (κ3) is 3.56. The first-order valence-electron chi connectivity index (χ1n) is 8.79. The Morgan fingerprint density at radius 1 is 1.34 bits per heavy atom. The summed E-state index contributed by atoms with van der Waals surface area (Å²) in [5, 5.41) is 25.5. The lowest BCUT2D eigenvalue weighted by atomic mass is 10.1. The molecule has 0 saturated carbocycles. The number of hydrogen-bond acceptors (Lipinski definition) is 6. The van der Waals surface area contributed by atoms with Gasteiger partial charge in [-0.05, 0) is 25.1 Å². The number of fused-ring (bicyclic) bond motifs is 1. The van der Waals surface area contributed by atoms with Crippen LogP contribution in [0.25, 0.3) is 33.5 Å². The van der Waals surface area contributed by atoms with Gasteiger partial charge in [0.1, 0.15) is 23.2 Å². The molecule has 0 aliphatic carbocycles. The van der Waals surface area contributed by atoms with E-state index in [9.17, 15) is 5.26 Å². The van der Waals surface area contributed by atoms with Crippen molar-refractivity contribution in [1.29, 1.82) is 5.26 Å². The summed E-state index contributed by atoms with van der Waals surface area (Å²) in [4.78, 5) is 9.30. The van der Waals surface area contributed by atoms with Gasteiger partial charge in [0, 0.05) is 30.7 Å². The van der Waals surface area contributed by atoms with Crippen LogP contribution in [-0.4, -0.2) is 36.5 Å². The molecule has 8 nitrogen and oxygen atoms in total. The number of nitrogens with one attached hydrogen (secondary N) is 2. The van der Waals surface area contributed by atoms with Gasteiger partial charge < -0.3 is 5.32 Å². The summed E-state index contributed by atoms with van der Waals surface area (Å²) in [5.74, 6) is 0.385. The minimum atomic E-state index is 0.185. The average molecular weight is 405 g/mol. The Hall–Kier alpha value is -3.70. The van der Waals surface area contributed by atoms with Gasteiger partial charge in [-0.2, -0.15) is 15.5 Å². The third-order valence-corrected chi connectivity index (χ3v) is 4.59. The standard InChI is InChI=1S/C20H17ClN8/c1-11(2)9-23-20-16(8-22)25-18(19(26-20)15-4-5-29(3)28-15)12-6-13-10-24-27-17(13)14(21)7-12/h4-7,10H,1,9H2,2-3H3,(H,23,26)(H,24,27). The van der Waals surface area contributed by atoms with Gasteiger partial charge in [-0.25, -0.2) is 9.97 Å². The number of nitriles is 1. The summed E-state index contributed by atoms with van der Waals surface area (Å²) in [5.41, 5.74) is 4.27. The number of rotatable bonds is 5. The van der Waals surface area contributed by atoms with Crippen LogP contribution in [0.3, 0.4) is 0 Å². The summed E-state index contributed by atoms with van der Waals surface area (Å²) >= 11 is 6.42. The molecule has 9 heteroatoms. The summed E-state index contributed by atoms with van der Waals surface area (Å²) in [6, 6.07) is 7.65. The second kappa shape index (κ2) is 7.37. The van der Waals surface area contributed by atoms with Crippen molar-refractivity contribution in [1.82, 2.24) is 29.9 Å². The highest BCUT2D eigenvalue weighted by atomic mass is 35.5. The number of benzene rings is 1. The Kier molecular flexibility index (Phi) is 4.74. The van der Waals surface area contributed by atoms with Crippen molar-refractivity contribution in [2.45, 2.75) is 6.92 Å². The van der Waals surface area contributed by atoms with Crippen LogP contribution in [0.4, 0.5) is 5.82 Å². The SMILES string of the molecule is C=C(C)CNc1nc(-c2ccn(C)n2)c(-c2cc(Cl)c3[nH]ncc3c2)nc1C#N. The van der Waals surface area contributed by atoms with Gasteiger partial charge >= 0.3 is 0 Å². The molecule has 1 aromatic carbocycles. The molecule has 0 aliphatic rings. The number of aromatic amines is 1. The molecule has 0 spiro atoms. The van der Waals surface area contributed by atoms with E-state index in [0.29, 0.717) is 34.5 Å². The topological polar surface area (TPSA) is 108 Å². The van der Waals surface area contributed by atoms with Gasteiger partial charge in [-0.15, -0.1) is 0 Å². The third-order valence-electron chi connectivity index (χ3n) is 4.29. The number of hydrogen-bond donors (Lipinski definition) is 2. The number of H-pyrrole nitrogens is 1. The van der Waals surface area contributed by atoms with Crippen molar-refractivity contribution < 1.29 is 0 Å². The molecule has 0 saturated heterocycles. The zero-order valence-corrected chi connectivity index (χ0v) is 16.6. The molecule has 0 unspecified atom stereocenters. The van der Waals surface area contributed by atoms with Crippen LogP contribution in [0.5, 0.6) is 0 Å². The monoisotopic (exact) mass is 404 g/mol. The zero-order valence-electron chi connectivity index (χ0n) is 15.9. The summed E-state index contributed by atoms with van der Waals surface area (Å²) in [6.45, 7) is 6.25. The van der Waals surface area contributed by atoms with Crippen LogP contribution in [0, 0.1) is 11.3 Å². The first kappa shape index (κ1) is 18.7. The Bertz CT molecular complexity index is 1280. The molecule has 0 bridgehead atoms. The molecule has 3 heterocycles. The first-order chi connectivity index (χ1) is 14.0. The van der Waals surface area contributed by atoms with E-state index in [1.165, 1.54) is 0 Å². The number of nitrogens with zero attached hydrogens (tertiary/aromatic N) is 6. The molecule has 2 N–H and O–H groups in total. The van der Waals surface area contributed by atoms with E-state index >= 15 is 0 Å². The minimum absolute atomic E-state index is 0.185.